The fourth-order valence-electron chi connectivity index (χ4n) is 5.87. The smallest absolute Gasteiger partial charge is 0.185 e. The van der Waals surface area contributed by atoms with Gasteiger partial charge in [0, 0.05) is 55.0 Å². The zero-order valence-corrected chi connectivity index (χ0v) is 31.8. The molecule has 1 fully saturated rings. The van der Waals surface area contributed by atoms with E-state index in [4.69, 9.17) is 4.98 Å². The molecule has 1 aliphatic rings. The molecule has 0 unspecified atom stereocenters. The minimum atomic E-state index is -0.104. The van der Waals surface area contributed by atoms with Gasteiger partial charge in [0.25, 0.3) is 0 Å². The molecule has 18 heteroatoms. The fraction of sp³-hybridized carbons (Fsp3) is 0.353. The number of nitrogens with zero attached hydrogens (tertiary/aromatic N) is 9. The number of nitrogens with one attached hydrogen (secondary N) is 3. The molecule has 2 atom stereocenters. The van der Waals surface area contributed by atoms with E-state index in [9.17, 15) is 20.6 Å². The quantitative estimate of drug-likeness (QED) is 0.0884. The van der Waals surface area contributed by atoms with Crippen LogP contribution in [0.1, 0.15) is 37.8 Å². The van der Waals surface area contributed by atoms with E-state index in [1.54, 1.807) is 33.6 Å². The van der Waals surface area contributed by atoms with Crippen molar-refractivity contribution in [1.29, 1.82) is 0 Å². The Morgan fingerprint density at radius 2 is 1.46 bits per heavy atom. The third-order valence-corrected chi connectivity index (χ3v) is 9.80. The summed E-state index contributed by atoms with van der Waals surface area (Å²) in [5, 5.41) is 60.6. The van der Waals surface area contributed by atoms with Gasteiger partial charge < -0.3 is 41.5 Å². The van der Waals surface area contributed by atoms with E-state index in [1.165, 1.54) is 24.8 Å². The first-order valence-corrected chi connectivity index (χ1v) is 18.4. The van der Waals surface area contributed by atoms with E-state index in [0.29, 0.717) is 30.2 Å². The van der Waals surface area contributed by atoms with E-state index in [0.717, 1.165) is 66.4 Å². The fourth-order valence-corrected chi connectivity index (χ4v) is 6.57. The van der Waals surface area contributed by atoms with E-state index >= 15 is 0 Å². The van der Waals surface area contributed by atoms with Crippen molar-refractivity contribution in [2.24, 2.45) is 5.92 Å². The highest BCUT2D eigenvalue weighted by Gasteiger charge is 2.26. The molecule has 5 N–H and O–H groups in total. The van der Waals surface area contributed by atoms with Gasteiger partial charge in [0.1, 0.15) is 23.3 Å². The van der Waals surface area contributed by atoms with Crippen LogP contribution in [0.2, 0.25) is 0 Å². The van der Waals surface area contributed by atoms with Crippen LogP contribution < -0.4 is 30.3 Å². The molecule has 0 radical (unpaired) electrons. The lowest BCUT2D eigenvalue weighted by molar-refractivity contribution is -0.606. The summed E-state index contributed by atoms with van der Waals surface area (Å²) in [5.74, 6) is 3.20. The Morgan fingerprint density at radius 1 is 0.885 bits per heavy atom. The summed E-state index contributed by atoms with van der Waals surface area (Å²) in [5.41, 5.74) is 3.09. The van der Waals surface area contributed by atoms with Crippen molar-refractivity contribution in [3.05, 3.63) is 104 Å². The lowest BCUT2D eigenvalue weighted by Crippen LogP contribution is -2.33. The number of anilines is 4. The predicted molar refractivity (Wildman–Crippen MR) is 204 cm³/mol. The molecule has 274 valence electrons. The van der Waals surface area contributed by atoms with E-state index < -0.39 is 0 Å². The minimum absolute atomic E-state index is 0.0151. The third-order valence-electron chi connectivity index (χ3n) is 8.68. The molecule has 6 aromatic heterocycles. The number of pyridine rings is 2. The predicted octanol–water partition coefficient (Wildman–Crippen LogP) is 3.86. The van der Waals surface area contributed by atoms with Gasteiger partial charge in [0.05, 0.1) is 46.6 Å². The molecule has 6 aromatic rings. The number of fused-ring (bicyclic) bond motifs is 2. The van der Waals surface area contributed by atoms with Crippen LogP contribution in [0, 0.1) is 16.3 Å². The number of hydrogen-bond acceptors (Lipinski definition) is 12. The number of hydrogen-bond donors (Lipinski definition) is 5. The van der Waals surface area contributed by atoms with Gasteiger partial charge in [0.15, 0.2) is 36.1 Å². The molecule has 0 bridgehead atoms. The van der Waals surface area contributed by atoms with Gasteiger partial charge in [-0.25, -0.2) is 9.97 Å². The summed E-state index contributed by atoms with van der Waals surface area (Å²) >= 11 is 6.95. The van der Waals surface area contributed by atoms with Gasteiger partial charge in [-0.05, 0) is 62.8 Å². The molecule has 7 heterocycles. The maximum Gasteiger partial charge on any atom is 0.185 e. The maximum atomic E-state index is 11.4. The molecule has 52 heavy (non-hydrogen) atoms. The summed E-state index contributed by atoms with van der Waals surface area (Å²) in [6.07, 6.45) is 11.3. The third kappa shape index (κ3) is 8.63. The standard InChI is InChI=1S/C17H19BrN6O2.C17H21BrN6O2/c18-14-9-20-24-15(19-8-12-3-1-5-22(26)10-12)7-16(21-17(14)24)23-6-2-4-13(23)11-25;1-11(2)14(10-25)21-15-6-16(24-17(22-15)13(18)8-20-24)19-7-12-4-3-5-23(26)9-12/h1,3,5,7,9-10,13,19,25H,2,4,6,8,11H2;3-6,8-9,11,14,19,25H,7,10H2,1-2H3,(H,21,22)/t13-;14-/m00/s1. The van der Waals surface area contributed by atoms with Crippen molar-refractivity contribution >= 4 is 66.4 Å². The summed E-state index contributed by atoms with van der Waals surface area (Å²) in [7, 11) is 0. The normalized spacial score (nSPS) is 14.8. The van der Waals surface area contributed by atoms with Crippen LogP contribution in [0.15, 0.2) is 82.5 Å². The highest BCUT2D eigenvalue weighted by molar-refractivity contribution is 9.11. The molecule has 0 aliphatic carbocycles. The van der Waals surface area contributed by atoms with Crippen molar-refractivity contribution in [2.75, 3.05) is 40.6 Å². The second-order valence-corrected chi connectivity index (χ2v) is 14.4. The van der Waals surface area contributed by atoms with E-state index in [-0.39, 0.29) is 31.2 Å². The van der Waals surface area contributed by atoms with Crippen molar-refractivity contribution in [2.45, 2.75) is 51.9 Å². The highest BCUT2D eigenvalue weighted by Crippen LogP contribution is 2.29. The van der Waals surface area contributed by atoms with Gasteiger partial charge in [-0.15, -0.1) is 0 Å². The zero-order chi connectivity index (χ0) is 36.8. The second kappa shape index (κ2) is 16.7. The molecule has 7 rings (SSSR count). The van der Waals surface area contributed by atoms with Crippen LogP contribution in [0.3, 0.4) is 0 Å². The van der Waals surface area contributed by atoms with E-state index in [2.05, 4.69) is 67.9 Å². The second-order valence-electron chi connectivity index (χ2n) is 12.7. The van der Waals surface area contributed by atoms with Crippen LogP contribution in [0.25, 0.3) is 11.3 Å². The van der Waals surface area contributed by atoms with Crippen LogP contribution in [-0.4, -0.2) is 71.3 Å². The van der Waals surface area contributed by atoms with Crippen molar-refractivity contribution in [3.63, 3.8) is 0 Å². The first-order valence-electron chi connectivity index (χ1n) is 16.8. The Kier molecular flexibility index (Phi) is 11.9. The average molecular weight is 841 g/mol. The Hall–Kier alpha value is -4.78. The lowest BCUT2D eigenvalue weighted by Gasteiger charge is -2.25. The zero-order valence-electron chi connectivity index (χ0n) is 28.6. The Bertz CT molecular complexity index is 2130. The maximum absolute atomic E-state index is 11.4. The van der Waals surface area contributed by atoms with Gasteiger partial charge >= 0.3 is 0 Å². The summed E-state index contributed by atoms with van der Waals surface area (Å²) in [4.78, 5) is 11.4. The van der Waals surface area contributed by atoms with Gasteiger partial charge in [-0.3, -0.25) is 0 Å². The Labute approximate surface area is 316 Å². The first kappa shape index (κ1) is 37.0. The number of aromatic nitrogens is 8. The van der Waals surface area contributed by atoms with Gasteiger partial charge in [0.2, 0.25) is 0 Å². The SMILES string of the molecule is CC(C)[C@H](CO)Nc1cc(NCc2ccc[n+]([O-])c2)n2ncc(Br)c2n1.[O-][n+]1cccc(CNc2cc(N3CCC[C@H]3CO)nc3c(Br)cnn23)c1. The molecular formula is C34H40Br2N12O4. The molecule has 0 amide bonds. The summed E-state index contributed by atoms with van der Waals surface area (Å²) < 4.78 is 6.54. The summed E-state index contributed by atoms with van der Waals surface area (Å²) in [6, 6.07) is 11.0. The summed E-state index contributed by atoms with van der Waals surface area (Å²) in [6.45, 7) is 6.02. The minimum Gasteiger partial charge on any atom is -0.619 e. The van der Waals surface area contributed by atoms with Crippen molar-refractivity contribution in [1.82, 2.24) is 29.2 Å². The lowest BCUT2D eigenvalue weighted by atomic mass is 10.1. The van der Waals surface area contributed by atoms with E-state index in [1.807, 2.05) is 38.1 Å². The van der Waals surface area contributed by atoms with Gasteiger partial charge in [-0.1, -0.05) is 13.8 Å². The van der Waals surface area contributed by atoms with Crippen molar-refractivity contribution in [3.8, 4) is 0 Å². The molecule has 0 saturated carbocycles. The van der Waals surface area contributed by atoms with Crippen LogP contribution in [-0.2, 0) is 13.1 Å². The monoisotopic (exact) mass is 838 g/mol. The largest absolute Gasteiger partial charge is 0.619 e. The van der Waals surface area contributed by atoms with Crippen LogP contribution in [0.5, 0.6) is 0 Å². The highest BCUT2D eigenvalue weighted by atomic mass is 79.9. The Balaban J connectivity index is 0.000000179. The molecule has 16 nitrogen and oxygen atoms in total. The van der Waals surface area contributed by atoms with Crippen LogP contribution in [0.4, 0.5) is 23.3 Å². The molecule has 1 saturated heterocycles. The number of aliphatic hydroxyl groups is 2. The average Bonchev–Trinajstić information content (AvgIpc) is 3.87. The van der Waals surface area contributed by atoms with Crippen molar-refractivity contribution < 1.29 is 19.7 Å². The first-order chi connectivity index (χ1) is 25.1. The number of aliphatic hydroxyl groups excluding tert-OH is 2. The number of halogens is 2. The molecular weight excluding hydrogens is 800 g/mol. The molecule has 1 aliphatic heterocycles. The van der Waals surface area contributed by atoms with Gasteiger partial charge in [-0.2, -0.15) is 28.7 Å². The number of rotatable bonds is 12. The Morgan fingerprint density at radius 3 is 2.00 bits per heavy atom. The molecule has 0 spiro atoms. The van der Waals surface area contributed by atoms with Crippen LogP contribution >= 0.6 is 31.9 Å². The molecule has 0 aromatic carbocycles. The topological polar surface area (TPSA) is 194 Å².